The van der Waals surface area contributed by atoms with Crippen LogP contribution in [0.3, 0.4) is 0 Å². The van der Waals surface area contributed by atoms with Crippen molar-refractivity contribution in [3.05, 3.63) is 42.4 Å². The van der Waals surface area contributed by atoms with Gasteiger partial charge in [-0.1, -0.05) is 13.8 Å². The van der Waals surface area contributed by atoms with Crippen molar-refractivity contribution in [2.75, 3.05) is 24.0 Å². The summed E-state index contributed by atoms with van der Waals surface area (Å²) in [6, 6.07) is 10.1. The zero-order valence-electron chi connectivity index (χ0n) is 14.4. The summed E-state index contributed by atoms with van der Waals surface area (Å²) in [6.45, 7) is 4.56. The van der Waals surface area contributed by atoms with Crippen LogP contribution >= 0.6 is 0 Å². The van der Waals surface area contributed by atoms with Crippen LogP contribution in [0.4, 0.5) is 16.3 Å². The van der Waals surface area contributed by atoms with Gasteiger partial charge in [-0.3, -0.25) is 5.01 Å². The van der Waals surface area contributed by atoms with Crippen molar-refractivity contribution in [2.45, 2.75) is 13.8 Å². The highest BCUT2D eigenvalue weighted by Gasteiger charge is 2.14. The topological polar surface area (TPSA) is 103 Å². The van der Waals surface area contributed by atoms with Crippen molar-refractivity contribution in [2.24, 2.45) is 5.92 Å². The zero-order chi connectivity index (χ0) is 18.2. The number of hydrogen-bond acceptors (Lipinski definition) is 6. The number of hydrogen-bond donors (Lipinski definition) is 2. The first kappa shape index (κ1) is 18.0. The number of urea groups is 1. The van der Waals surface area contributed by atoms with E-state index in [2.05, 4.69) is 20.7 Å². The predicted octanol–water partition coefficient (Wildman–Crippen LogP) is 2.56. The van der Waals surface area contributed by atoms with Crippen molar-refractivity contribution in [3.63, 3.8) is 0 Å². The molecular weight excluding hydrogens is 320 g/mol. The Morgan fingerprint density at radius 1 is 1.32 bits per heavy atom. The van der Waals surface area contributed by atoms with Crippen LogP contribution in [-0.2, 0) is 0 Å². The minimum atomic E-state index is -0.414. The molecule has 0 unspecified atom stereocenters. The number of ether oxygens (including phenoxy) is 1. The van der Waals surface area contributed by atoms with Crippen molar-refractivity contribution < 1.29 is 9.53 Å². The van der Waals surface area contributed by atoms with E-state index in [9.17, 15) is 4.79 Å². The Bertz CT molecular complexity index is 754. The third kappa shape index (κ3) is 5.35. The maximum absolute atomic E-state index is 12.3. The molecule has 0 bridgehead atoms. The fourth-order valence-electron chi connectivity index (χ4n) is 2.07. The summed E-state index contributed by atoms with van der Waals surface area (Å²) in [7, 11) is 1.58. The van der Waals surface area contributed by atoms with E-state index in [1.165, 1.54) is 6.20 Å². The highest BCUT2D eigenvalue weighted by Crippen LogP contribution is 2.15. The molecule has 0 aliphatic rings. The molecule has 0 saturated heterocycles. The molecule has 0 spiro atoms. The number of methoxy groups -OCH3 is 1. The van der Waals surface area contributed by atoms with E-state index in [4.69, 9.17) is 10.00 Å². The van der Waals surface area contributed by atoms with Gasteiger partial charge in [-0.2, -0.15) is 10.2 Å². The van der Waals surface area contributed by atoms with Crippen molar-refractivity contribution in [3.8, 4) is 11.8 Å². The van der Waals surface area contributed by atoms with Crippen LogP contribution in [0, 0.1) is 17.2 Å². The SMILES string of the molecule is COc1ccc(NC(=O)NN(CC(C)C)c2ccnc(C#N)n2)cc1. The van der Waals surface area contributed by atoms with Gasteiger partial charge in [-0.15, -0.1) is 0 Å². The number of nitrogens with one attached hydrogen (secondary N) is 2. The molecule has 2 rings (SSSR count). The van der Waals surface area contributed by atoms with E-state index >= 15 is 0 Å². The van der Waals surface area contributed by atoms with Gasteiger partial charge in [0.15, 0.2) is 5.82 Å². The number of hydrazine groups is 1. The van der Waals surface area contributed by atoms with E-state index in [0.717, 1.165) is 0 Å². The van der Waals surface area contributed by atoms with Crippen LogP contribution in [0.25, 0.3) is 0 Å². The van der Waals surface area contributed by atoms with Crippen LogP contribution in [0.15, 0.2) is 36.5 Å². The van der Waals surface area contributed by atoms with E-state index in [0.29, 0.717) is 23.8 Å². The summed E-state index contributed by atoms with van der Waals surface area (Å²) in [6.07, 6.45) is 1.48. The van der Waals surface area contributed by atoms with Gasteiger partial charge in [0.2, 0.25) is 5.82 Å². The van der Waals surface area contributed by atoms with Crippen molar-refractivity contribution >= 4 is 17.5 Å². The second kappa shape index (κ2) is 8.49. The van der Waals surface area contributed by atoms with Crippen molar-refractivity contribution in [1.82, 2.24) is 15.4 Å². The molecule has 1 aromatic heterocycles. The van der Waals surface area contributed by atoms with Crippen LogP contribution in [0.1, 0.15) is 19.7 Å². The molecule has 2 amide bonds. The fraction of sp³-hybridized carbons (Fsp3) is 0.294. The number of nitrogens with zero attached hydrogens (tertiary/aromatic N) is 4. The highest BCUT2D eigenvalue weighted by atomic mass is 16.5. The fourth-order valence-corrected chi connectivity index (χ4v) is 2.07. The average Bonchev–Trinajstić information content (AvgIpc) is 2.61. The molecule has 2 N–H and O–H groups in total. The molecular formula is C17H20N6O2. The molecule has 0 atom stereocenters. The normalized spacial score (nSPS) is 10.0. The summed E-state index contributed by atoms with van der Waals surface area (Å²) < 4.78 is 5.09. The summed E-state index contributed by atoms with van der Waals surface area (Å²) in [5.74, 6) is 1.47. The van der Waals surface area contributed by atoms with Gasteiger partial charge < -0.3 is 10.1 Å². The molecule has 25 heavy (non-hydrogen) atoms. The monoisotopic (exact) mass is 340 g/mol. The number of carbonyl (C=O) groups is 1. The van der Waals surface area contributed by atoms with E-state index in [1.54, 1.807) is 42.5 Å². The summed E-state index contributed by atoms with van der Waals surface area (Å²) in [5.41, 5.74) is 3.37. The Labute approximate surface area is 146 Å². The third-order valence-corrected chi connectivity index (χ3v) is 3.15. The minimum absolute atomic E-state index is 0.0450. The minimum Gasteiger partial charge on any atom is -0.497 e. The molecule has 0 saturated carbocycles. The maximum Gasteiger partial charge on any atom is 0.338 e. The smallest absolute Gasteiger partial charge is 0.338 e. The Hall–Kier alpha value is -3.34. The van der Waals surface area contributed by atoms with Gasteiger partial charge in [0.05, 0.1) is 7.11 Å². The van der Waals surface area contributed by atoms with Gasteiger partial charge in [-0.05, 0) is 30.2 Å². The number of nitriles is 1. The van der Waals surface area contributed by atoms with Gasteiger partial charge >= 0.3 is 6.03 Å². The molecule has 8 nitrogen and oxygen atoms in total. The van der Waals surface area contributed by atoms with E-state index in [-0.39, 0.29) is 11.7 Å². The predicted molar refractivity (Wildman–Crippen MR) is 94.1 cm³/mol. The lowest BCUT2D eigenvalue weighted by atomic mass is 10.2. The zero-order valence-corrected chi connectivity index (χ0v) is 14.4. The second-order valence-electron chi connectivity index (χ2n) is 5.65. The molecule has 2 aromatic rings. The van der Waals surface area contributed by atoms with Gasteiger partial charge in [0, 0.05) is 24.5 Å². The van der Waals surface area contributed by atoms with Crippen LogP contribution in [-0.4, -0.2) is 29.7 Å². The van der Waals surface area contributed by atoms with Gasteiger partial charge in [0.25, 0.3) is 0 Å². The van der Waals surface area contributed by atoms with Crippen LogP contribution in [0.2, 0.25) is 0 Å². The van der Waals surface area contributed by atoms with Gasteiger partial charge in [0.1, 0.15) is 11.8 Å². The summed E-state index contributed by atoms with van der Waals surface area (Å²) in [5, 5.41) is 13.3. The first-order valence-electron chi connectivity index (χ1n) is 7.74. The molecule has 0 radical (unpaired) electrons. The van der Waals surface area contributed by atoms with Crippen LogP contribution in [0.5, 0.6) is 5.75 Å². The van der Waals surface area contributed by atoms with Gasteiger partial charge in [-0.25, -0.2) is 15.2 Å². The number of rotatable bonds is 6. The molecule has 0 aliphatic carbocycles. The largest absolute Gasteiger partial charge is 0.497 e. The quantitative estimate of drug-likeness (QED) is 0.783. The Morgan fingerprint density at radius 3 is 2.64 bits per heavy atom. The number of anilines is 2. The molecule has 130 valence electrons. The second-order valence-corrected chi connectivity index (χ2v) is 5.65. The summed E-state index contributed by atoms with van der Waals surface area (Å²) in [4.78, 5) is 20.2. The van der Waals surface area contributed by atoms with E-state index in [1.807, 2.05) is 19.9 Å². The molecule has 1 heterocycles. The third-order valence-electron chi connectivity index (χ3n) is 3.15. The first-order valence-corrected chi connectivity index (χ1v) is 7.74. The number of amides is 2. The van der Waals surface area contributed by atoms with E-state index < -0.39 is 6.03 Å². The Balaban J connectivity index is 2.09. The van der Waals surface area contributed by atoms with Crippen molar-refractivity contribution in [1.29, 1.82) is 5.26 Å². The number of aromatic nitrogens is 2. The molecule has 1 aromatic carbocycles. The lowest BCUT2D eigenvalue weighted by Gasteiger charge is -2.26. The number of carbonyl (C=O) groups excluding carboxylic acids is 1. The lowest BCUT2D eigenvalue weighted by molar-refractivity contribution is 0.250. The molecule has 8 heteroatoms. The Morgan fingerprint density at radius 2 is 2.04 bits per heavy atom. The first-order chi connectivity index (χ1) is 12.0. The summed E-state index contributed by atoms with van der Waals surface area (Å²) >= 11 is 0. The highest BCUT2D eigenvalue weighted by molar-refractivity contribution is 5.90. The Kier molecular flexibility index (Phi) is 6.12. The lowest BCUT2D eigenvalue weighted by Crippen LogP contribution is -2.46. The maximum atomic E-state index is 12.3. The molecule has 0 aliphatic heterocycles. The average molecular weight is 340 g/mol. The number of benzene rings is 1. The van der Waals surface area contributed by atoms with Crippen LogP contribution < -0.4 is 20.5 Å². The standard InChI is InChI=1S/C17H20N6O2/c1-12(2)11-23(16-8-9-19-15(10-18)21-16)22-17(24)20-13-4-6-14(25-3)7-5-13/h4-9,12H,11H2,1-3H3,(H2,20,22,24). The molecule has 0 fully saturated rings.